The van der Waals surface area contributed by atoms with Crippen molar-refractivity contribution < 1.29 is 4.79 Å². The standard InChI is InChI=1S/C21H19N3O/c1-13(15-8-4-3-5-9-15)23-21(25)19-12-17-16-10-6-7-11-18(16)24-20(17)14(2)22-19/h3-13,24H,1-2H3,(H,23,25)/t13-/m1/s1. The molecule has 1 atom stereocenters. The molecule has 4 heteroatoms. The number of benzene rings is 2. The first kappa shape index (κ1) is 15.4. The van der Waals surface area contributed by atoms with Crippen LogP contribution in [-0.2, 0) is 0 Å². The van der Waals surface area contributed by atoms with Gasteiger partial charge in [0.15, 0.2) is 0 Å². The summed E-state index contributed by atoms with van der Waals surface area (Å²) in [4.78, 5) is 20.6. The van der Waals surface area contributed by atoms with Gasteiger partial charge in [-0.2, -0.15) is 0 Å². The van der Waals surface area contributed by atoms with Gasteiger partial charge in [-0.05, 0) is 31.5 Å². The van der Waals surface area contributed by atoms with Crippen molar-refractivity contribution in [3.63, 3.8) is 0 Å². The molecule has 0 unspecified atom stereocenters. The first-order valence-corrected chi connectivity index (χ1v) is 8.37. The highest BCUT2D eigenvalue weighted by Crippen LogP contribution is 2.27. The van der Waals surface area contributed by atoms with Gasteiger partial charge in [0, 0.05) is 16.3 Å². The number of hydrogen-bond acceptors (Lipinski definition) is 2. The molecule has 4 nitrogen and oxygen atoms in total. The highest BCUT2D eigenvalue weighted by molar-refractivity contribution is 6.10. The van der Waals surface area contributed by atoms with Crippen molar-refractivity contribution in [2.45, 2.75) is 19.9 Å². The van der Waals surface area contributed by atoms with Crippen LogP contribution in [0.2, 0.25) is 0 Å². The largest absolute Gasteiger partial charge is 0.353 e. The minimum atomic E-state index is -0.161. The Morgan fingerprint density at radius 3 is 2.56 bits per heavy atom. The molecule has 25 heavy (non-hydrogen) atoms. The van der Waals surface area contributed by atoms with Crippen molar-refractivity contribution in [2.24, 2.45) is 0 Å². The number of rotatable bonds is 3. The highest BCUT2D eigenvalue weighted by atomic mass is 16.1. The lowest BCUT2D eigenvalue weighted by Crippen LogP contribution is -2.27. The van der Waals surface area contributed by atoms with Crippen LogP contribution in [0.25, 0.3) is 21.8 Å². The first-order valence-electron chi connectivity index (χ1n) is 8.37. The average molecular weight is 329 g/mol. The highest BCUT2D eigenvalue weighted by Gasteiger charge is 2.16. The van der Waals surface area contributed by atoms with Crippen molar-refractivity contribution >= 4 is 27.7 Å². The normalized spacial score (nSPS) is 12.4. The minimum Gasteiger partial charge on any atom is -0.353 e. The minimum absolute atomic E-state index is 0.0746. The molecule has 124 valence electrons. The number of amides is 1. The summed E-state index contributed by atoms with van der Waals surface area (Å²) in [6.07, 6.45) is 0. The second-order valence-corrected chi connectivity index (χ2v) is 6.29. The summed E-state index contributed by atoms with van der Waals surface area (Å²) in [6, 6.07) is 19.8. The number of hydrogen-bond donors (Lipinski definition) is 2. The molecule has 4 rings (SSSR count). The fourth-order valence-corrected chi connectivity index (χ4v) is 3.22. The molecule has 0 saturated carbocycles. The Labute approximate surface area is 145 Å². The Balaban J connectivity index is 1.71. The lowest BCUT2D eigenvalue weighted by atomic mass is 10.1. The molecule has 0 radical (unpaired) electrons. The van der Waals surface area contributed by atoms with E-state index < -0.39 is 0 Å². The molecule has 1 amide bonds. The van der Waals surface area contributed by atoms with Gasteiger partial charge in [0.2, 0.25) is 0 Å². The fraction of sp³-hybridized carbons (Fsp3) is 0.143. The van der Waals surface area contributed by atoms with Crippen LogP contribution in [0.1, 0.15) is 34.7 Å². The second-order valence-electron chi connectivity index (χ2n) is 6.29. The fourth-order valence-electron chi connectivity index (χ4n) is 3.22. The molecule has 2 N–H and O–H groups in total. The van der Waals surface area contributed by atoms with E-state index in [1.54, 1.807) is 0 Å². The quantitative estimate of drug-likeness (QED) is 0.581. The maximum atomic E-state index is 12.7. The van der Waals surface area contributed by atoms with E-state index >= 15 is 0 Å². The summed E-state index contributed by atoms with van der Waals surface area (Å²) in [5, 5.41) is 5.17. The van der Waals surface area contributed by atoms with E-state index in [0.717, 1.165) is 33.1 Å². The number of nitrogens with one attached hydrogen (secondary N) is 2. The first-order chi connectivity index (χ1) is 12.1. The van der Waals surface area contributed by atoms with Crippen LogP contribution in [0, 0.1) is 6.92 Å². The molecule has 2 aromatic heterocycles. The van der Waals surface area contributed by atoms with Gasteiger partial charge in [-0.3, -0.25) is 4.79 Å². The van der Waals surface area contributed by atoms with Gasteiger partial charge in [0.1, 0.15) is 5.69 Å². The van der Waals surface area contributed by atoms with Crippen molar-refractivity contribution in [2.75, 3.05) is 0 Å². The summed E-state index contributed by atoms with van der Waals surface area (Å²) in [5.74, 6) is -0.161. The number of pyridine rings is 1. The van der Waals surface area contributed by atoms with Crippen molar-refractivity contribution in [1.29, 1.82) is 0 Å². The zero-order valence-corrected chi connectivity index (χ0v) is 14.2. The maximum absolute atomic E-state index is 12.7. The summed E-state index contributed by atoms with van der Waals surface area (Å²) in [6.45, 7) is 3.90. The number of aromatic nitrogens is 2. The molecule has 2 aromatic carbocycles. The predicted octanol–water partition coefficient (Wildman–Crippen LogP) is 4.52. The van der Waals surface area contributed by atoms with Crippen LogP contribution in [0.5, 0.6) is 0 Å². The third kappa shape index (κ3) is 2.76. The van der Waals surface area contributed by atoms with E-state index in [-0.39, 0.29) is 11.9 Å². The number of aryl methyl sites for hydroxylation is 1. The number of aromatic amines is 1. The number of nitrogens with zero attached hydrogens (tertiary/aromatic N) is 1. The van der Waals surface area contributed by atoms with Gasteiger partial charge in [0.05, 0.1) is 17.3 Å². The van der Waals surface area contributed by atoms with E-state index in [0.29, 0.717) is 5.69 Å². The Kier molecular flexibility index (Phi) is 3.73. The Hall–Kier alpha value is -3.14. The van der Waals surface area contributed by atoms with E-state index in [2.05, 4.69) is 21.4 Å². The van der Waals surface area contributed by atoms with Gasteiger partial charge in [-0.15, -0.1) is 0 Å². The lowest BCUT2D eigenvalue weighted by Gasteiger charge is -2.14. The molecule has 4 aromatic rings. The molecule has 0 aliphatic carbocycles. The maximum Gasteiger partial charge on any atom is 0.270 e. The summed E-state index contributed by atoms with van der Waals surface area (Å²) in [5.41, 5.74) is 4.37. The zero-order valence-electron chi connectivity index (χ0n) is 14.2. The molecule has 0 fully saturated rings. The second kappa shape index (κ2) is 6.06. The SMILES string of the molecule is Cc1nc(C(=O)N[C@H](C)c2ccccc2)cc2c1[nH]c1ccccc12. The molecule has 0 spiro atoms. The molecule has 0 bridgehead atoms. The molecular weight excluding hydrogens is 310 g/mol. The molecular formula is C21H19N3O. The number of para-hydroxylation sites is 1. The summed E-state index contributed by atoms with van der Waals surface area (Å²) < 4.78 is 0. The number of H-pyrrole nitrogens is 1. The van der Waals surface area contributed by atoms with Crippen LogP contribution in [0.15, 0.2) is 60.7 Å². The van der Waals surface area contributed by atoms with Crippen molar-refractivity contribution in [3.05, 3.63) is 77.6 Å². The predicted molar refractivity (Wildman–Crippen MR) is 101 cm³/mol. The Morgan fingerprint density at radius 2 is 1.76 bits per heavy atom. The van der Waals surface area contributed by atoms with Gasteiger partial charge >= 0.3 is 0 Å². The van der Waals surface area contributed by atoms with E-state index in [9.17, 15) is 4.79 Å². The average Bonchev–Trinajstić information content (AvgIpc) is 3.02. The Morgan fingerprint density at radius 1 is 1.04 bits per heavy atom. The van der Waals surface area contributed by atoms with Crippen molar-refractivity contribution in [1.82, 2.24) is 15.3 Å². The number of carbonyl (C=O) groups excluding carboxylic acids is 1. The van der Waals surface area contributed by atoms with Crippen LogP contribution in [-0.4, -0.2) is 15.9 Å². The Bertz CT molecular complexity index is 1070. The van der Waals surface area contributed by atoms with Crippen LogP contribution >= 0.6 is 0 Å². The zero-order chi connectivity index (χ0) is 17.4. The van der Waals surface area contributed by atoms with Crippen LogP contribution < -0.4 is 5.32 Å². The third-order valence-electron chi connectivity index (χ3n) is 4.56. The van der Waals surface area contributed by atoms with Crippen molar-refractivity contribution in [3.8, 4) is 0 Å². The summed E-state index contributed by atoms with van der Waals surface area (Å²) >= 11 is 0. The lowest BCUT2D eigenvalue weighted by molar-refractivity contribution is 0.0935. The van der Waals surface area contributed by atoms with E-state index in [4.69, 9.17) is 0 Å². The van der Waals surface area contributed by atoms with Gasteiger partial charge < -0.3 is 10.3 Å². The van der Waals surface area contributed by atoms with Gasteiger partial charge in [-0.1, -0.05) is 48.5 Å². The third-order valence-corrected chi connectivity index (χ3v) is 4.56. The topological polar surface area (TPSA) is 57.8 Å². The van der Waals surface area contributed by atoms with Gasteiger partial charge in [0.25, 0.3) is 5.91 Å². The molecule has 0 aliphatic rings. The van der Waals surface area contributed by atoms with Gasteiger partial charge in [-0.25, -0.2) is 4.98 Å². The monoisotopic (exact) mass is 329 g/mol. The number of fused-ring (bicyclic) bond motifs is 3. The smallest absolute Gasteiger partial charge is 0.270 e. The molecule has 0 saturated heterocycles. The number of carbonyl (C=O) groups is 1. The van der Waals surface area contributed by atoms with E-state index in [1.807, 2.05) is 68.4 Å². The summed E-state index contributed by atoms with van der Waals surface area (Å²) in [7, 11) is 0. The molecule has 0 aliphatic heterocycles. The molecule has 2 heterocycles. The van der Waals surface area contributed by atoms with E-state index in [1.165, 1.54) is 0 Å². The van der Waals surface area contributed by atoms with Crippen LogP contribution in [0.4, 0.5) is 0 Å². The van der Waals surface area contributed by atoms with Crippen LogP contribution in [0.3, 0.4) is 0 Å².